The lowest BCUT2D eigenvalue weighted by Gasteiger charge is -2.26. The summed E-state index contributed by atoms with van der Waals surface area (Å²) in [6.45, 7) is 2.80. The van der Waals surface area contributed by atoms with Crippen molar-refractivity contribution in [1.29, 1.82) is 0 Å². The molecule has 1 fully saturated rings. The van der Waals surface area contributed by atoms with Gasteiger partial charge < -0.3 is 15.6 Å². The molecule has 3 rings (SSSR count). The van der Waals surface area contributed by atoms with E-state index in [1.54, 1.807) is 0 Å². The maximum atomic E-state index is 5.13. The molecule has 0 spiro atoms. The molecule has 0 saturated heterocycles. The second kappa shape index (κ2) is 4.14. The van der Waals surface area contributed by atoms with E-state index in [9.17, 15) is 0 Å². The molecule has 0 amide bonds. The van der Waals surface area contributed by atoms with E-state index in [0.29, 0.717) is 4.77 Å². The Kier molecular flexibility index (Phi) is 2.65. The van der Waals surface area contributed by atoms with Gasteiger partial charge in [-0.3, -0.25) is 0 Å². The lowest BCUT2D eigenvalue weighted by Crippen LogP contribution is -2.22. The fourth-order valence-electron chi connectivity index (χ4n) is 2.28. The molecule has 86 valence electrons. The largest absolute Gasteiger partial charge is 0.369 e. The first-order chi connectivity index (χ1) is 7.83. The average molecular weight is 236 g/mol. The molecule has 1 aromatic rings. The topological polar surface area (TPSA) is 52.7 Å². The van der Waals surface area contributed by atoms with Gasteiger partial charge in [0.1, 0.15) is 5.82 Å². The second-order valence-electron chi connectivity index (χ2n) is 4.63. The van der Waals surface area contributed by atoms with Crippen LogP contribution in [0.5, 0.6) is 0 Å². The van der Waals surface area contributed by atoms with Gasteiger partial charge in [-0.1, -0.05) is 6.42 Å². The predicted octanol–water partition coefficient (Wildman–Crippen LogP) is 1.95. The molecule has 4 nitrogen and oxygen atoms in total. The van der Waals surface area contributed by atoms with Crippen molar-refractivity contribution in [3.05, 3.63) is 16.0 Å². The van der Waals surface area contributed by atoms with Crippen molar-refractivity contribution in [3.8, 4) is 0 Å². The van der Waals surface area contributed by atoms with Crippen LogP contribution in [0.1, 0.15) is 30.5 Å². The third kappa shape index (κ3) is 1.85. The van der Waals surface area contributed by atoms with Crippen LogP contribution in [-0.4, -0.2) is 16.5 Å². The van der Waals surface area contributed by atoms with Crippen LogP contribution in [0.4, 0.5) is 5.82 Å². The van der Waals surface area contributed by atoms with Crippen LogP contribution in [0.25, 0.3) is 0 Å². The summed E-state index contributed by atoms with van der Waals surface area (Å²) in [4.78, 5) is 7.53. The Balaban J connectivity index is 1.79. The highest BCUT2D eigenvalue weighted by atomic mass is 32.1. The Bertz CT molecular complexity index is 450. The number of anilines is 1. The summed E-state index contributed by atoms with van der Waals surface area (Å²) >= 11 is 5.13. The van der Waals surface area contributed by atoms with Crippen molar-refractivity contribution in [2.75, 3.05) is 11.9 Å². The summed E-state index contributed by atoms with van der Waals surface area (Å²) in [6.07, 6.45) is 4.09. The summed E-state index contributed by atoms with van der Waals surface area (Å²) in [5.41, 5.74) is 2.45. The molecular weight excluding hydrogens is 220 g/mol. The first-order valence-corrected chi connectivity index (χ1v) is 6.30. The number of H-pyrrole nitrogens is 1. The summed E-state index contributed by atoms with van der Waals surface area (Å²) in [5, 5.41) is 6.76. The van der Waals surface area contributed by atoms with E-state index < -0.39 is 0 Å². The number of aromatic amines is 1. The fraction of sp³-hybridized carbons (Fsp3) is 0.636. The zero-order valence-corrected chi connectivity index (χ0v) is 9.99. The van der Waals surface area contributed by atoms with Crippen LogP contribution in [0, 0.1) is 10.7 Å². The van der Waals surface area contributed by atoms with Gasteiger partial charge in [0.2, 0.25) is 0 Å². The molecule has 0 unspecified atom stereocenters. The molecule has 0 bridgehead atoms. The van der Waals surface area contributed by atoms with Gasteiger partial charge in [-0.05, 0) is 31.0 Å². The minimum absolute atomic E-state index is 0.582. The minimum atomic E-state index is 0.582. The molecule has 1 aliphatic carbocycles. The molecule has 1 saturated carbocycles. The van der Waals surface area contributed by atoms with Gasteiger partial charge in [0, 0.05) is 30.9 Å². The van der Waals surface area contributed by atoms with Crippen LogP contribution >= 0.6 is 12.2 Å². The Labute approximate surface area is 99.9 Å². The smallest absolute Gasteiger partial charge is 0.199 e. The van der Waals surface area contributed by atoms with E-state index >= 15 is 0 Å². The first-order valence-electron chi connectivity index (χ1n) is 5.89. The molecule has 0 atom stereocenters. The summed E-state index contributed by atoms with van der Waals surface area (Å²) < 4.78 is 0.582. The highest BCUT2D eigenvalue weighted by Crippen LogP contribution is 2.27. The van der Waals surface area contributed by atoms with E-state index in [1.165, 1.54) is 30.5 Å². The molecule has 2 heterocycles. The van der Waals surface area contributed by atoms with E-state index in [0.717, 1.165) is 31.4 Å². The van der Waals surface area contributed by atoms with Crippen LogP contribution in [0.2, 0.25) is 0 Å². The highest BCUT2D eigenvalue weighted by molar-refractivity contribution is 7.71. The highest BCUT2D eigenvalue weighted by Gasteiger charge is 2.20. The Morgan fingerprint density at radius 3 is 3.00 bits per heavy atom. The van der Waals surface area contributed by atoms with Crippen molar-refractivity contribution in [1.82, 2.24) is 15.3 Å². The van der Waals surface area contributed by atoms with Gasteiger partial charge in [-0.25, -0.2) is 4.98 Å². The lowest BCUT2D eigenvalue weighted by atomic mass is 9.85. The average Bonchev–Trinajstić information content (AvgIpc) is 2.62. The van der Waals surface area contributed by atoms with Gasteiger partial charge in [-0.2, -0.15) is 0 Å². The van der Waals surface area contributed by atoms with Crippen molar-refractivity contribution < 1.29 is 0 Å². The molecule has 0 radical (unpaired) electrons. The maximum Gasteiger partial charge on any atom is 0.199 e. The number of hydrogen-bond donors (Lipinski definition) is 3. The molecular formula is C11H16N4S. The first kappa shape index (κ1) is 10.2. The third-order valence-corrected chi connectivity index (χ3v) is 3.70. The number of nitrogens with zero attached hydrogens (tertiary/aromatic N) is 1. The normalized spacial score (nSPS) is 19.2. The van der Waals surface area contributed by atoms with E-state index in [4.69, 9.17) is 12.2 Å². The van der Waals surface area contributed by atoms with Gasteiger partial charge in [0.05, 0.1) is 0 Å². The molecule has 1 aromatic heterocycles. The van der Waals surface area contributed by atoms with Gasteiger partial charge >= 0.3 is 0 Å². The third-order valence-electron chi connectivity index (χ3n) is 3.51. The van der Waals surface area contributed by atoms with Crippen molar-refractivity contribution >= 4 is 18.0 Å². The summed E-state index contributed by atoms with van der Waals surface area (Å²) in [6, 6.07) is 0. The Hall–Kier alpha value is -0.940. The van der Waals surface area contributed by atoms with Crippen molar-refractivity contribution in [3.63, 3.8) is 0 Å². The van der Waals surface area contributed by atoms with Gasteiger partial charge in [0.25, 0.3) is 0 Å². The SMILES string of the molecule is S=c1nc(NCC2CCC2)c2c([nH]1)CNC2. The number of rotatable bonds is 3. The number of aromatic nitrogens is 2. The molecule has 1 aliphatic heterocycles. The fourth-order valence-corrected chi connectivity index (χ4v) is 2.50. The van der Waals surface area contributed by atoms with Crippen LogP contribution in [0.15, 0.2) is 0 Å². The molecule has 0 aromatic carbocycles. The quantitative estimate of drug-likeness (QED) is 0.702. The summed E-state index contributed by atoms with van der Waals surface area (Å²) in [5.74, 6) is 1.82. The van der Waals surface area contributed by atoms with E-state index in [1.807, 2.05) is 0 Å². The Morgan fingerprint density at radius 1 is 1.38 bits per heavy atom. The number of hydrogen-bond acceptors (Lipinski definition) is 4. The number of fused-ring (bicyclic) bond motifs is 1. The zero-order valence-electron chi connectivity index (χ0n) is 9.18. The van der Waals surface area contributed by atoms with Crippen LogP contribution in [0.3, 0.4) is 0 Å². The predicted molar refractivity (Wildman–Crippen MR) is 65.8 cm³/mol. The number of nitrogens with one attached hydrogen (secondary N) is 3. The van der Waals surface area contributed by atoms with Crippen LogP contribution in [-0.2, 0) is 13.1 Å². The van der Waals surface area contributed by atoms with Gasteiger partial charge in [-0.15, -0.1) is 0 Å². The van der Waals surface area contributed by atoms with Crippen molar-refractivity contribution in [2.45, 2.75) is 32.4 Å². The zero-order chi connectivity index (χ0) is 11.0. The van der Waals surface area contributed by atoms with E-state index in [2.05, 4.69) is 20.6 Å². The molecule has 2 aliphatic rings. The van der Waals surface area contributed by atoms with Gasteiger partial charge in [0.15, 0.2) is 4.77 Å². The second-order valence-corrected chi connectivity index (χ2v) is 5.02. The monoisotopic (exact) mass is 236 g/mol. The Morgan fingerprint density at radius 2 is 2.25 bits per heavy atom. The maximum absolute atomic E-state index is 5.13. The van der Waals surface area contributed by atoms with Crippen molar-refractivity contribution in [2.24, 2.45) is 5.92 Å². The lowest BCUT2D eigenvalue weighted by molar-refractivity contribution is 0.333. The molecule has 5 heteroatoms. The standard InChI is InChI=1S/C11H16N4S/c16-11-14-9-6-12-5-8(9)10(15-11)13-4-7-2-1-3-7/h7,12H,1-6H2,(H2,13,14,15,16). The van der Waals surface area contributed by atoms with E-state index in [-0.39, 0.29) is 0 Å². The summed E-state index contributed by atoms with van der Waals surface area (Å²) in [7, 11) is 0. The van der Waals surface area contributed by atoms with Crippen LogP contribution < -0.4 is 10.6 Å². The molecule has 16 heavy (non-hydrogen) atoms. The minimum Gasteiger partial charge on any atom is -0.369 e. The molecule has 3 N–H and O–H groups in total.